The molecule has 146 valence electrons. The van der Waals surface area contributed by atoms with Gasteiger partial charge in [-0.2, -0.15) is 0 Å². The molecule has 1 amide bonds. The van der Waals surface area contributed by atoms with Crippen LogP contribution in [-0.2, 0) is 0 Å². The maximum absolute atomic E-state index is 13.5. The second-order valence-electron chi connectivity index (χ2n) is 7.41. The van der Waals surface area contributed by atoms with Gasteiger partial charge in [-0.25, -0.2) is 4.98 Å². The minimum Gasteiger partial charge on any atom is -0.394 e. The summed E-state index contributed by atoms with van der Waals surface area (Å²) in [6, 6.07) is 15.3. The van der Waals surface area contributed by atoms with Crippen molar-refractivity contribution < 1.29 is 9.90 Å². The number of hydrogen-bond acceptors (Lipinski definition) is 3. The molecule has 1 unspecified atom stereocenters. The van der Waals surface area contributed by atoms with Crippen LogP contribution in [0.25, 0.3) is 27.7 Å². The second-order valence-corrected chi connectivity index (χ2v) is 7.85. The molecule has 1 aliphatic heterocycles. The number of aromatic nitrogens is 2. The predicted molar refractivity (Wildman–Crippen MR) is 114 cm³/mol. The fraction of sp³-hybridized carbons (Fsp3) is 0.217. The predicted octanol–water partition coefficient (Wildman–Crippen LogP) is 4.40. The largest absolute Gasteiger partial charge is 0.394 e. The molecular formula is C23H20ClN3O2. The van der Waals surface area contributed by atoms with Crippen molar-refractivity contribution in [2.24, 2.45) is 0 Å². The van der Waals surface area contributed by atoms with Crippen LogP contribution in [0.3, 0.4) is 0 Å². The SMILES string of the molecule is O=C(c1cn2c(-c3ccc(Cl)cc3)ncc2c2ccccc12)N1CCCC1CO. The number of aliphatic hydroxyl groups is 1. The van der Waals surface area contributed by atoms with Gasteiger partial charge in [0.1, 0.15) is 5.82 Å². The average molecular weight is 406 g/mol. The number of carbonyl (C=O) groups is 1. The first-order valence-electron chi connectivity index (χ1n) is 9.74. The summed E-state index contributed by atoms with van der Waals surface area (Å²) < 4.78 is 1.98. The van der Waals surface area contributed by atoms with E-state index in [1.54, 1.807) is 4.90 Å². The fourth-order valence-corrected chi connectivity index (χ4v) is 4.39. The number of fused-ring (bicyclic) bond motifs is 3. The molecule has 2 aromatic heterocycles. The molecule has 5 nitrogen and oxygen atoms in total. The van der Waals surface area contributed by atoms with Crippen molar-refractivity contribution in [1.82, 2.24) is 14.3 Å². The van der Waals surface area contributed by atoms with Crippen LogP contribution in [0.2, 0.25) is 5.02 Å². The molecule has 0 saturated carbocycles. The Morgan fingerprint density at radius 3 is 2.66 bits per heavy atom. The van der Waals surface area contributed by atoms with Crippen molar-refractivity contribution in [3.05, 3.63) is 71.5 Å². The smallest absolute Gasteiger partial charge is 0.256 e. The molecule has 3 heterocycles. The summed E-state index contributed by atoms with van der Waals surface area (Å²) in [5.74, 6) is 0.715. The fourth-order valence-electron chi connectivity index (χ4n) is 4.26. The molecule has 1 atom stereocenters. The number of likely N-dealkylation sites (tertiary alicyclic amines) is 1. The highest BCUT2D eigenvalue weighted by atomic mass is 35.5. The van der Waals surface area contributed by atoms with Crippen molar-refractivity contribution in [3.8, 4) is 11.4 Å². The summed E-state index contributed by atoms with van der Waals surface area (Å²) >= 11 is 6.04. The molecule has 0 spiro atoms. The Morgan fingerprint density at radius 2 is 1.90 bits per heavy atom. The van der Waals surface area contributed by atoms with E-state index >= 15 is 0 Å². The van der Waals surface area contributed by atoms with Crippen LogP contribution in [0, 0.1) is 0 Å². The highest BCUT2D eigenvalue weighted by molar-refractivity contribution is 6.30. The van der Waals surface area contributed by atoms with E-state index in [-0.39, 0.29) is 18.6 Å². The number of pyridine rings is 1. The lowest BCUT2D eigenvalue weighted by Crippen LogP contribution is -2.37. The third kappa shape index (κ3) is 2.98. The van der Waals surface area contributed by atoms with Gasteiger partial charge >= 0.3 is 0 Å². The van der Waals surface area contributed by atoms with Gasteiger partial charge < -0.3 is 10.0 Å². The number of carbonyl (C=O) groups excluding carboxylic acids is 1. The Labute approximate surface area is 173 Å². The van der Waals surface area contributed by atoms with Crippen LogP contribution < -0.4 is 0 Å². The van der Waals surface area contributed by atoms with Crippen LogP contribution >= 0.6 is 11.6 Å². The Bertz CT molecular complexity index is 1220. The van der Waals surface area contributed by atoms with Crippen molar-refractivity contribution in [2.45, 2.75) is 18.9 Å². The summed E-state index contributed by atoms with van der Waals surface area (Å²) in [7, 11) is 0. The third-order valence-electron chi connectivity index (χ3n) is 5.73. The molecule has 6 heteroatoms. The van der Waals surface area contributed by atoms with E-state index < -0.39 is 0 Å². The van der Waals surface area contributed by atoms with E-state index in [0.29, 0.717) is 17.1 Å². The zero-order valence-electron chi connectivity index (χ0n) is 15.8. The normalized spacial score (nSPS) is 16.8. The van der Waals surface area contributed by atoms with E-state index in [2.05, 4.69) is 4.98 Å². The van der Waals surface area contributed by atoms with E-state index in [9.17, 15) is 9.90 Å². The summed E-state index contributed by atoms with van der Waals surface area (Å²) in [4.78, 5) is 19.9. The minimum absolute atomic E-state index is 0.00693. The number of aliphatic hydroxyl groups excluding tert-OH is 1. The van der Waals surface area contributed by atoms with Gasteiger partial charge in [0.25, 0.3) is 5.91 Å². The number of benzene rings is 2. The first kappa shape index (κ1) is 18.2. The van der Waals surface area contributed by atoms with E-state index in [4.69, 9.17) is 11.6 Å². The Hall–Kier alpha value is -2.89. The lowest BCUT2D eigenvalue weighted by molar-refractivity contribution is 0.0679. The molecule has 4 aromatic rings. The number of imidazole rings is 1. The van der Waals surface area contributed by atoms with Crippen LogP contribution in [-0.4, -0.2) is 44.5 Å². The van der Waals surface area contributed by atoms with Gasteiger partial charge in [-0.15, -0.1) is 0 Å². The third-order valence-corrected chi connectivity index (χ3v) is 5.98. The quantitative estimate of drug-likeness (QED) is 0.549. The van der Waals surface area contributed by atoms with Crippen LogP contribution in [0.15, 0.2) is 60.9 Å². The Kier molecular flexibility index (Phi) is 4.49. The lowest BCUT2D eigenvalue weighted by atomic mass is 10.0. The van der Waals surface area contributed by atoms with Crippen molar-refractivity contribution in [2.75, 3.05) is 13.2 Å². The van der Waals surface area contributed by atoms with Gasteiger partial charge in [0.2, 0.25) is 0 Å². The zero-order valence-corrected chi connectivity index (χ0v) is 16.5. The number of halogens is 1. The van der Waals surface area contributed by atoms with E-state index in [1.165, 1.54) is 0 Å². The highest BCUT2D eigenvalue weighted by Crippen LogP contribution is 2.30. The van der Waals surface area contributed by atoms with Gasteiger partial charge in [-0.1, -0.05) is 35.9 Å². The second kappa shape index (κ2) is 7.17. The molecule has 0 bridgehead atoms. The zero-order chi connectivity index (χ0) is 20.0. The number of nitrogens with zero attached hydrogens (tertiary/aromatic N) is 3. The Balaban J connectivity index is 1.73. The topological polar surface area (TPSA) is 57.8 Å². The number of hydrogen-bond donors (Lipinski definition) is 1. The molecule has 1 N–H and O–H groups in total. The summed E-state index contributed by atoms with van der Waals surface area (Å²) in [5.41, 5.74) is 2.50. The van der Waals surface area contributed by atoms with Gasteiger partial charge in [-0.3, -0.25) is 9.20 Å². The van der Waals surface area contributed by atoms with Crippen LogP contribution in [0.5, 0.6) is 0 Å². The molecule has 29 heavy (non-hydrogen) atoms. The van der Waals surface area contributed by atoms with Gasteiger partial charge in [0.15, 0.2) is 0 Å². The monoisotopic (exact) mass is 405 g/mol. The first-order valence-corrected chi connectivity index (χ1v) is 10.1. The minimum atomic E-state index is -0.115. The van der Waals surface area contributed by atoms with E-state index in [0.717, 1.165) is 40.5 Å². The molecule has 1 saturated heterocycles. The molecule has 0 radical (unpaired) electrons. The van der Waals surface area contributed by atoms with Crippen molar-refractivity contribution >= 4 is 33.8 Å². The summed E-state index contributed by atoms with van der Waals surface area (Å²) in [5, 5.41) is 12.2. The van der Waals surface area contributed by atoms with Crippen LogP contribution in [0.4, 0.5) is 0 Å². The molecule has 1 aliphatic rings. The lowest BCUT2D eigenvalue weighted by Gasteiger charge is -2.24. The number of rotatable bonds is 3. The molecule has 2 aromatic carbocycles. The Morgan fingerprint density at radius 1 is 1.14 bits per heavy atom. The number of amides is 1. The van der Waals surface area contributed by atoms with Gasteiger partial charge in [0, 0.05) is 28.7 Å². The molecule has 5 rings (SSSR count). The summed E-state index contributed by atoms with van der Waals surface area (Å²) in [6.45, 7) is 0.664. The maximum Gasteiger partial charge on any atom is 0.256 e. The van der Waals surface area contributed by atoms with Crippen molar-refractivity contribution in [1.29, 1.82) is 0 Å². The first-order chi connectivity index (χ1) is 14.2. The molecular weight excluding hydrogens is 386 g/mol. The summed E-state index contributed by atoms with van der Waals surface area (Å²) in [6.07, 6.45) is 5.47. The standard InChI is InChI=1S/C23H20ClN3O2/c24-16-9-7-15(8-10-16)22-25-12-21-19-6-2-1-5-18(19)20(13-27(21)22)23(29)26-11-3-4-17(26)14-28/h1-2,5-10,12-13,17,28H,3-4,11,14H2. The van der Waals surface area contributed by atoms with Gasteiger partial charge in [-0.05, 0) is 42.5 Å². The highest BCUT2D eigenvalue weighted by Gasteiger charge is 2.30. The molecule has 1 fully saturated rings. The molecule has 0 aliphatic carbocycles. The average Bonchev–Trinajstić information content (AvgIpc) is 3.40. The van der Waals surface area contributed by atoms with Crippen molar-refractivity contribution in [3.63, 3.8) is 0 Å². The van der Waals surface area contributed by atoms with Crippen LogP contribution in [0.1, 0.15) is 23.2 Å². The van der Waals surface area contributed by atoms with E-state index in [1.807, 2.05) is 65.3 Å². The van der Waals surface area contributed by atoms with Gasteiger partial charge in [0.05, 0.1) is 29.9 Å². The maximum atomic E-state index is 13.5.